The quantitative estimate of drug-likeness (QED) is 0.867. The predicted molar refractivity (Wildman–Crippen MR) is 75.5 cm³/mol. The first-order valence-corrected chi connectivity index (χ1v) is 6.75. The monoisotopic (exact) mass is 314 g/mol. The summed E-state index contributed by atoms with van der Waals surface area (Å²) in [6.45, 7) is 0.0907. The van der Waals surface area contributed by atoms with Crippen LogP contribution < -0.4 is 18.9 Å². The Labute approximate surface area is 130 Å². The van der Waals surface area contributed by atoms with E-state index in [0.717, 1.165) is 0 Å². The molecule has 23 heavy (non-hydrogen) atoms. The summed E-state index contributed by atoms with van der Waals surface area (Å²) in [6, 6.07) is 7.39. The Morgan fingerprint density at radius 1 is 0.783 bits per heavy atom. The molecule has 0 aliphatic carbocycles. The molecule has 2 aromatic carbocycles. The molecule has 0 spiro atoms. The Balaban J connectivity index is 1.80. The number of aromatic carboxylic acids is 1. The van der Waals surface area contributed by atoms with Gasteiger partial charge in [-0.3, -0.25) is 4.79 Å². The summed E-state index contributed by atoms with van der Waals surface area (Å²) in [5.74, 6) is -0.00529. The highest BCUT2D eigenvalue weighted by molar-refractivity contribution is 6.15. The first-order chi connectivity index (χ1) is 11.1. The molecule has 7 heteroatoms. The van der Waals surface area contributed by atoms with E-state index in [4.69, 9.17) is 18.9 Å². The number of rotatable bonds is 3. The number of carboxylic acids is 1. The summed E-state index contributed by atoms with van der Waals surface area (Å²) in [5.41, 5.74) is 0.188. The molecule has 0 aromatic heterocycles. The lowest BCUT2D eigenvalue weighted by molar-refractivity contribution is 0.0692. The van der Waals surface area contributed by atoms with Crippen LogP contribution in [0.3, 0.4) is 0 Å². The van der Waals surface area contributed by atoms with Crippen molar-refractivity contribution in [2.24, 2.45) is 0 Å². The Bertz CT molecular complexity index is 841. The molecular formula is C16H10O7. The van der Waals surface area contributed by atoms with Crippen LogP contribution in [0.25, 0.3) is 0 Å². The number of fused-ring (bicyclic) bond motifs is 2. The zero-order valence-electron chi connectivity index (χ0n) is 11.7. The smallest absolute Gasteiger partial charge is 0.336 e. The minimum atomic E-state index is -1.22. The highest BCUT2D eigenvalue weighted by Crippen LogP contribution is 2.37. The summed E-state index contributed by atoms with van der Waals surface area (Å²) in [4.78, 5) is 24.2. The average Bonchev–Trinajstić information content (AvgIpc) is 3.20. The van der Waals surface area contributed by atoms with Gasteiger partial charge in [-0.2, -0.15) is 0 Å². The Morgan fingerprint density at radius 3 is 2.00 bits per heavy atom. The maximum Gasteiger partial charge on any atom is 0.336 e. The Morgan fingerprint density at radius 2 is 1.35 bits per heavy atom. The molecule has 0 saturated heterocycles. The van der Waals surface area contributed by atoms with Crippen LogP contribution in [-0.4, -0.2) is 30.4 Å². The molecule has 116 valence electrons. The number of hydrogen-bond donors (Lipinski definition) is 1. The molecule has 0 fully saturated rings. The molecule has 0 saturated carbocycles. The fourth-order valence-corrected chi connectivity index (χ4v) is 2.50. The van der Waals surface area contributed by atoms with Gasteiger partial charge in [0.05, 0.1) is 5.56 Å². The van der Waals surface area contributed by atoms with Gasteiger partial charge < -0.3 is 24.1 Å². The average molecular weight is 314 g/mol. The Hall–Kier alpha value is -3.22. The van der Waals surface area contributed by atoms with Crippen molar-refractivity contribution in [1.82, 2.24) is 0 Å². The van der Waals surface area contributed by atoms with Crippen LogP contribution in [0, 0.1) is 0 Å². The van der Waals surface area contributed by atoms with Gasteiger partial charge >= 0.3 is 5.97 Å². The van der Waals surface area contributed by atoms with E-state index in [2.05, 4.69) is 0 Å². The number of carbonyl (C=O) groups excluding carboxylic acids is 1. The zero-order chi connectivity index (χ0) is 16.0. The molecule has 1 N–H and O–H groups in total. The first-order valence-electron chi connectivity index (χ1n) is 6.75. The number of ether oxygens (including phenoxy) is 4. The van der Waals surface area contributed by atoms with E-state index in [9.17, 15) is 14.7 Å². The van der Waals surface area contributed by atoms with Crippen LogP contribution in [0.2, 0.25) is 0 Å². The number of carboxylic acid groups (broad SMARTS) is 1. The normalized spacial score (nSPS) is 13.9. The van der Waals surface area contributed by atoms with Crippen molar-refractivity contribution in [1.29, 1.82) is 0 Å². The van der Waals surface area contributed by atoms with Crippen molar-refractivity contribution in [3.05, 3.63) is 47.0 Å². The largest absolute Gasteiger partial charge is 0.478 e. The predicted octanol–water partition coefficient (Wildman–Crippen LogP) is 2.07. The van der Waals surface area contributed by atoms with Gasteiger partial charge in [0.2, 0.25) is 13.6 Å². The molecule has 0 radical (unpaired) electrons. The van der Waals surface area contributed by atoms with Crippen molar-refractivity contribution in [3.63, 3.8) is 0 Å². The standard InChI is InChI=1S/C16H10O7/c17-15(8-1-2-11-12(3-8)21-6-20-11)9-4-13-14(23-7-22-13)5-10(9)16(18)19/h1-5H,6-7H2,(H,18,19). The molecule has 0 amide bonds. The lowest BCUT2D eigenvalue weighted by Gasteiger charge is -2.08. The summed E-state index contributed by atoms with van der Waals surface area (Å²) in [7, 11) is 0. The topological polar surface area (TPSA) is 91.3 Å². The van der Waals surface area contributed by atoms with Gasteiger partial charge in [0.25, 0.3) is 0 Å². The van der Waals surface area contributed by atoms with Crippen LogP contribution in [0.5, 0.6) is 23.0 Å². The van der Waals surface area contributed by atoms with Gasteiger partial charge in [-0.1, -0.05) is 0 Å². The second-order valence-corrected chi connectivity index (χ2v) is 4.95. The van der Waals surface area contributed by atoms with E-state index in [1.54, 1.807) is 12.1 Å². The molecule has 2 aliphatic rings. The van der Waals surface area contributed by atoms with Gasteiger partial charge in [0.1, 0.15) is 0 Å². The lowest BCUT2D eigenvalue weighted by Crippen LogP contribution is -2.10. The van der Waals surface area contributed by atoms with Crippen molar-refractivity contribution >= 4 is 11.8 Å². The molecule has 2 aliphatic heterocycles. The van der Waals surface area contributed by atoms with E-state index >= 15 is 0 Å². The highest BCUT2D eigenvalue weighted by Gasteiger charge is 2.26. The van der Waals surface area contributed by atoms with Crippen molar-refractivity contribution < 1.29 is 33.6 Å². The van der Waals surface area contributed by atoms with Crippen LogP contribution in [0.1, 0.15) is 26.3 Å². The summed E-state index contributed by atoms with van der Waals surface area (Å²) >= 11 is 0. The fraction of sp³-hybridized carbons (Fsp3) is 0.125. The van der Waals surface area contributed by atoms with Crippen molar-refractivity contribution in [3.8, 4) is 23.0 Å². The fourth-order valence-electron chi connectivity index (χ4n) is 2.50. The molecule has 0 unspecified atom stereocenters. The van der Waals surface area contributed by atoms with E-state index in [0.29, 0.717) is 28.6 Å². The molecule has 2 heterocycles. The van der Waals surface area contributed by atoms with Crippen molar-refractivity contribution in [2.45, 2.75) is 0 Å². The third-order valence-electron chi connectivity index (χ3n) is 3.62. The highest BCUT2D eigenvalue weighted by atomic mass is 16.7. The van der Waals surface area contributed by atoms with Gasteiger partial charge in [0, 0.05) is 11.1 Å². The van der Waals surface area contributed by atoms with Gasteiger partial charge in [0.15, 0.2) is 28.8 Å². The van der Waals surface area contributed by atoms with Gasteiger partial charge in [-0.05, 0) is 30.3 Å². The molecule has 0 bridgehead atoms. The summed E-state index contributed by atoms with van der Waals surface area (Å²) in [5, 5.41) is 9.35. The number of ketones is 1. The van der Waals surface area contributed by atoms with Gasteiger partial charge in [-0.25, -0.2) is 4.79 Å². The van der Waals surface area contributed by atoms with E-state index < -0.39 is 11.8 Å². The van der Waals surface area contributed by atoms with Crippen LogP contribution in [-0.2, 0) is 0 Å². The minimum absolute atomic E-state index is 0.00391. The van der Waals surface area contributed by atoms with E-state index in [1.807, 2.05) is 0 Å². The molecule has 7 nitrogen and oxygen atoms in total. The molecule has 2 aromatic rings. The second-order valence-electron chi connectivity index (χ2n) is 4.95. The molecular weight excluding hydrogens is 304 g/mol. The molecule has 4 rings (SSSR count). The van der Waals surface area contributed by atoms with Crippen molar-refractivity contribution in [2.75, 3.05) is 13.6 Å². The molecule has 0 atom stereocenters. The number of carbonyl (C=O) groups is 2. The Kier molecular flexibility index (Phi) is 2.87. The lowest BCUT2D eigenvalue weighted by atomic mass is 9.97. The number of benzene rings is 2. The maximum atomic E-state index is 12.7. The summed E-state index contributed by atoms with van der Waals surface area (Å²) in [6.07, 6.45) is 0. The third kappa shape index (κ3) is 2.13. The zero-order valence-corrected chi connectivity index (χ0v) is 11.7. The van der Waals surface area contributed by atoms with E-state index in [-0.39, 0.29) is 24.7 Å². The summed E-state index contributed by atoms with van der Waals surface area (Å²) < 4.78 is 20.8. The second kappa shape index (κ2) is 4.91. The van der Waals surface area contributed by atoms with Gasteiger partial charge in [-0.15, -0.1) is 0 Å². The SMILES string of the molecule is O=C(O)c1cc2c(cc1C(=O)c1ccc3c(c1)OCO3)OCO2. The maximum absolute atomic E-state index is 12.7. The van der Waals surface area contributed by atoms with E-state index in [1.165, 1.54) is 18.2 Å². The van der Waals surface area contributed by atoms with Crippen LogP contribution >= 0.6 is 0 Å². The minimum Gasteiger partial charge on any atom is -0.478 e. The first kappa shape index (κ1) is 13.4. The van der Waals surface area contributed by atoms with Crippen LogP contribution in [0.15, 0.2) is 30.3 Å². The number of hydrogen-bond acceptors (Lipinski definition) is 6. The van der Waals surface area contributed by atoms with Crippen LogP contribution in [0.4, 0.5) is 0 Å². The third-order valence-corrected chi connectivity index (χ3v) is 3.62.